The van der Waals surface area contributed by atoms with Crippen LogP contribution in [-0.2, 0) is 14.3 Å². The van der Waals surface area contributed by atoms with Crippen molar-refractivity contribution in [1.29, 1.82) is 0 Å². The average molecular weight is 431 g/mol. The van der Waals surface area contributed by atoms with Crippen molar-refractivity contribution in [2.45, 2.75) is 32.4 Å². The maximum atomic E-state index is 11.5. The third kappa shape index (κ3) is 4.70. The van der Waals surface area contributed by atoms with Crippen molar-refractivity contribution in [2.24, 2.45) is 4.99 Å². The molecule has 31 heavy (non-hydrogen) atoms. The molecule has 158 valence electrons. The van der Waals surface area contributed by atoms with Gasteiger partial charge in [0, 0.05) is 12.5 Å². The van der Waals surface area contributed by atoms with E-state index in [1.165, 1.54) is 22.8 Å². The summed E-state index contributed by atoms with van der Waals surface area (Å²) in [6.45, 7) is 5.56. The van der Waals surface area contributed by atoms with Crippen LogP contribution in [0.4, 0.5) is 0 Å². The summed E-state index contributed by atoms with van der Waals surface area (Å²) in [5, 5.41) is 3.73. The van der Waals surface area contributed by atoms with Gasteiger partial charge in [-0.25, -0.2) is 4.99 Å². The largest absolute Gasteiger partial charge is 0.475 e. The highest BCUT2D eigenvalue weighted by molar-refractivity contribution is 7.80. The fraction of sp³-hybridized carbons (Fsp3) is 0.231. The van der Waals surface area contributed by atoms with Crippen molar-refractivity contribution in [3.63, 3.8) is 0 Å². The van der Waals surface area contributed by atoms with Crippen molar-refractivity contribution in [1.82, 2.24) is 0 Å². The SMILES string of the molecule is CC(=O)OC(C)(C)[C@H]1COC(c2ccccc2P(c2ccccc2)c2ccccc2)=N1. The van der Waals surface area contributed by atoms with Crippen LogP contribution in [0, 0.1) is 0 Å². The van der Waals surface area contributed by atoms with E-state index in [1.54, 1.807) is 0 Å². The normalized spacial score (nSPS) is 16.0. The van der Waals surface area contributed by atoms with Gasteiger partial charge >= 0.3 is 5.97 Å². The number of carbonyl (C=O) groups excluding carboxylic acids is 1. The Morgan fingerprint density at radius 1 is 0.935 bits per heavy atom. The number of rotatable bonds is 6. The molecule has 1 heterocycles. The van der Waals surface area contributed by atoms with Gasteiger partial charge in [0.1, 0.15) is 18.2 Å². The zero-order chi connectivity index (χ0) is 21.8. The number of carbonyl (C=O) groups is 1. The molecule has 5 heteroatoms. The van der Waals surface area contributed by atoms with Crippen LogP contribution in [0.5, 0.6) is 0 Å². The number of hydrogen-bond donors (Lipinski definition) is 0. The Balaban J connectivity index is 1.77. The second kappa shape index (κ2) is 9.03. The van der Waals surface area contributed by atoms with E-state index in [4.69, 9.17) is 14.5 Å². The van der Waals surface area contributed by atoms with Crippen molar-refractivity contribution < 1.29 is 14.3 Å². The summed E-state index contributed by atoms with van der Waals surface area (Å²) in [6.07, 6.45) is 0. The maximum absolute atomic E-state index is 11.5. The molecule has 0 saturated carbocycles. The fourth-order valence-electron chi connectivity index (χ4n) is 3.75. The third-order valence-electron chi connectivity index (χ3n) is 5.26. The first-order valence-electron chi connectivity index (χ1n) is 10.4. The third-order valence-corrected chi connectivity index (χ3v) is 7.77. The molecular weight excluding hydrogens is 405 g/mol. The van der Waals surface area contributed by atoms with Crippen LogP contribution in [0.2, 0.25) is 0 Å². The molecule has 0 amide bonds. The van der Waals surface area contributed by atoms with Crippen LogP contribution in [0.15, 0.2) is 89.9 Å². The number of esters is 1. The number of hydrogen-bond acceptors (Lipinski definition) is 4. The van der Waals surface area contributed by atoms with Gasteiger partial charge < -0.3 is 9.47 Å². The van der Waals surface area contributed by atoms with Gasteiger partial charge in [0.15, 0.2) is 0 Å². The van der Waals surface area contributed by atoms with Crippen molar-refractivity contribution >= 4 is 35.7 Å². The lowest BCUT2D eigenvalue weighted by molar-refractivity contribution is -0.155. The number of ether oxygens (including phenoxy) is 2. The molecule has 0 N–H and O–H groups in total. The van der Waals surface area contributed by atoms with Crippen LogP contribution in [-0.4, -0.2) is 30.1 Å². The summed E-state index contributed by atoms with van der Waals surface area (Å²) in [4.78, 5) is 16.4. The molecule has 1 aliphatic heterocycles. The molecular formula is C26H26NO3P. The summed E-state index contributed by atoms with van der Waals surface area (Å²) >= 11 is 0. The minimum atomic E-state index is -0.785. The summed E-state index contributed by atoms with van der Waals surface area (Å²) < 4.78 is 11.6. The van der Waals surface area contributed by atoms with Crippen molar-refractivity contribution in [2.75, 3.05) is 6.61 Å². The first-order chi connectivity index (χ1) is 15.0. The second-order valence-electron chi connectivity index (χ2n) is 7.98. The molecule has 0 aliphatic carbocycles. The highest BCUT2D eigenvalue weighted by Crippen LogP contribution is 2.35. The Bertz CT molecular complexity index is 1040. The predicted molar refractivity (Wildman–Crippen MR) is 127 cm³/mol. The molecule has 1 atom stereocenters. The minimum Gasteiger partial charge on any atom is -0.475 e. The van der Waals surface area contributed by atoms with Crippen LogP contribution >= 0.6 is 7.92 Å². The molecule has 0 aromatic heterocycles. The van der Waals surface area contributed by atoms with Crippen molar-refractivity contribution in [3.05, 3.63) is 90.5 Å². The average Bonchev–Trinajstić information content (AvgIpc) is 3.26. The van der Waals surface area contributed by atoms with E-state index in [2.05, 4.69) is 66.7 Å². The van der Waals surface area contributed by atoms with E-state index in [9.17, 15) is 4.79 Å². The summed E-state index contributed by atoms with van der Waals surface area (Å²) in [5.41, 5.74) is 0.258. The van der Waals surface area contributed by atoms with E-state index in [-0.39, 0.29) is 12.0 Å². The molecule has 3 aromatic carbocycles. The topological polar surface area (TPSA) is 47.9 Å². The zero-order valence-electron chi connectivity index (χ0n) is 18.0. The van der Waals surface area contributed by atoms with Gasteiger partial charge in [0.25, 0.3) is 0 Å². The number of aliphatic imine (C=N–C) groups is 1. The lowest BCUT2D eigenvalue weighted by Crippen LogP contribution is -2.40. The van der Waals surface area contributed by atoms with E-state index in [1.807, 2.05) is 32.0 Å². The van der Waals surface area contributed by atoms with Gasteiger partial charge in [-0.1, -0.05) is 78.9 Å². The Morgan fingerprint density at radius 2 is 1.48 bits per heavy atom. The van der Waals surface area contributed by atoms with Gasteiger partial charge in [0.05, 0.1) is 0 Å². The van der Waals surface area contributed by atoms with E-state index in [0.29, 0.717) is 12.5 Å². The number of nitrogens with zero attached hydrogens (tertiary/aromatic N) is 1. The van der Waals surface area contributed by atoms with E-state index < -0.39 is 13.5 Å². The zero-order valence-corrected chi connectivity index (χ0v) is 18.9. The Labute approximate surface area is 184 Å². The molecule has 0 unspecified atom stereocenters. The van der Waals surface area contributed by atoms with Crippen molar-refractivity contribution in [3.8, 4) is 0 Å². The maximum Gasteiger partial charge on any atom is 0.303 e. The predicted octanol–water partition coefficient (Wildman–Crippen LogP) is 3.93. The number of benzene rings is 3. The lowest BCUT2D eigenvalue weighted by Gasteiger charge is -2.27. The molecule has 0 fully saturated rings. The lowest BCUT2D eigenvalue weighted by atomic mass is 10.0. The smallest absolute Gasteiger partial charge is 0.303 e. The molecule has 4 nitrogen and oxygen atoms in total. The molecule has 0 saturated heterocycles. The van der Waals surface area contributed by atoms with Gasteiger partial charge in [0.2, 0.25) is 5.90 Å². The molecule has 4 rings (SSSR count). The first kappa shape index (κ1) is 21.3. The molecule has 3 aromatic rings. The molecule has 1 aliphatic rings. The second-order valence-corrected chi connectivity index (χ2v) is 10.2. The minimum absolute atomic E-state index is 0.251. The van der Waals surface area contributed by atoms with E-state index >= 15 is 0 Å². The van der Waals surface area contributed by atoms with Crippen LogP contribution in [0.1, 0.15) is 26.3 Å². The van der Waals surface area contributed by atoms with Crippen LogP contribution < -0.4 is 15.9 Å². The molecule has 0 bridgehead atoms. The van der Waals surface area contributed by atoms with Gasteiger partial charge in [-0.15, -0.1) is 0 Å². The van der Waals surface area contributed by atoms with Gasteiger partial charge in [-0.05, 0) is 43.7 Å². The summed E-state index contributed by atoms with van der Waals surface area (Å²) in [6, 6.07) is 29.2. The first-order valence-corrected chi connectivity index (χ1v) is 11.7. The van der Waals surface area contributed by atoms with Gasteiger partial charge in [-0.2, -0.15) is 0 Å². The monoisotopic (exact) mass is 431 g/mol. The Hall–Kier alpha value is -2.97. The molecule has 0 radical (unpaired) electrons. The van der Waals surface area contributed by atoms with Crippen LogP contribution in [0.25, 0.3) is 0 Å². The Kier molecular flexibility index (Phi) is 6.20. The summed E-state index contributed by atoms with van der Waals surface area (Å²) in [5.74, 6) is 0.297. The van der Waals surface area contributed by atoms with E-state index in [0.717, 1.165) is 5.56 Å². The standard InChI is InChI=1S/C26H26NO3P/c1-19(28)30-26(2,3)24-18-29-25(27-24)22-16-10-11-17-23(22)31(20-12-6-4-7-13-20)21-14-8-5-9-15-21/h4-17,24H,18H2,1-3H3/t24-/m1/s1. The Morgan fingerprint density at radius 3 is 2.06 bits per heavy atom. The quantitative estimate of drug-likeness (QED) is 0.439. The highest BCUT2D eigenvalue weighted by Gasteiger charge is 2.38. The highest BCUT2D eigenvalue weighted by atomic mass is 31.1. The fourth-order valence-corrected chi connectivity index (χ4v) is 6.19. The van der Waals surface area contributed by atoms with Gasteiger partial charge in [-0.3, -0.25) is 4.79 Å². The summed E-state index contributed by atoms with van der Waals surface area (Å²) in [7, 11) is -0.785. The van der Waals surface area contributed by atoms with Crippen LogP contribution in [0.3, 0.4) is 0 Å². The molecule has 0 spiro atoms.